The molecule has 0 aromatic rings. The molecule has 0 aromatic heterocycles. The third kappa shape index (κ3) is 1.90. The van der Waals surface area contributed by atoms with E-state index in [-0.39, 0.29) is 6.42 Å². The van der Waals surface area contributed by atoms with Gasteiger partial charge in [-0.15, -0.1) is 0 Å². The van der Waals surface area contributed by atoms with Gasteiger partial charge >= 0.3 is 11.9 Å². The van der Waals surface area contributed by atoms with Crippen LogP contribution < -0.4 is 0 Å². The zero-order chi connectivity index (χ0) is 14.8. The minimum absolute atomic E-state index is 0.165. The van der Waals surface area contributed by atoms with Crippen LogP contribution in [0.5, 0.6) is 0 Å². The van der Waals surface area contributed by atoms with Crippen molar-refractivity contribution in [1.29, 1.82) is 0 Å². The fourth-order valence-electron chi connectivity index (χ4n) is 5.36. The topological polar surface area (TPSA) is 74.6 Å². The van der Waals surface area contributed by atoms with E-state index in [4.69, 9.17) is 5.11 Å². The van der Waals surface area contributed by atoms with Crippen LogP contribution in [0.4, 0.5) is 0 Å². The Labute approximate surface area is 123 Å². The van der Waals surface area contributed by atoms with Crippen molar-refractivity contribution in [2.24, 2.45) is 40.9 Å². The van der Waals surface area contributed by atoms with Crippen LogP contribution in [0.15, 0.2) is 0 Å². The Bertz CT molecular complexity index is 541. The molecular formula is C17H20O4. The predicted molar refractivity (Wildman–Crippen MR) is 74.1 cm³/mol. The van der Waals surface area contributed by atoms with E-state index in [0.29, 0.717) is 17.8 Å². The highest BCUT2D eigenvalue weighted by Gasteiger charge is 2.64. The Kier molecular flexibility index (Phi) is 2.67. The number of aliphatic carboxylic acids is 2. The molecule has 0 saturated heterocycles. The first-order valence-corrected chi connectivity index (χ1v) is 7.98. The molecule has 2 unspecified atom stereocenters. The quantitative estimate of drug-likeness (QED) is 0.764. The molecule has 21 heavy (non-hydrogen) atoms. The molecule has 5 fully saturated rings. The maximum absolute atomic E-state index is 11.4. The predicted octanol–water partition coefficient (Wildman–Crippen LogP) is 2.24. The van der Waals surface area contributed by atoms with Crippen molar-refractivity contribution in [2.75, 3.05) is 0 Å². The van der Waals surface area contributed by atoms with Crippen molar-refractivity contribution in [2.45, 2.75) is 38.5 Å². The van der Waals surface area contributed by atoms with Gasteiger partial charge in [-0.1, -0.05) is 11.8 Å². The molecule has 0 aromatic carbocycles. The molecule has 0 spiro atoms. The van der Waals surface area contributed by atoms with Crippen molar-refractivity contribution in [3.05, 3.63) is 0 Å². The molecule has 0 aliphatic heterocycles. The van der Waals surface area contributed by atoms with Crippen molar-refractivity contribution in [3.63, 3.8) is 0 Å². The average molecular weight is 288 g/mol. The van der Waals surface area contributed by atoms with Gasteiger partial charge in [0.1, 0.15) is 5.41 Å². The van der Waals surface area contributed by atoms with Crippen molar-refractivity contribution >= 4 is 11.9 Å². The normalized spacial score (nSPS) is 49.3. The van der Waals surface area contributed by atoms with Crippen LogP contribution in [0, 0.1) is 52.8 Å². The van der Waals surface area contributed by atoms with Crippen molar-refractivity contribution in [3.8, 4) is 11.8 Å². The minimum Gasteiger partial charge on any atom is -0.481 e. The highest BCUT2D eigenvalue weighted by atomic mass is 16.4. The summed E-state index contributed by atoms with van der Waals surface area (Å²) in [5.74, 6) is 6.52. The third-order valence-corrected chi connectivity index (χ3v) is 6.33. The van der Waals surface area contributed by atoms with E-state index < -0.39 is 23.3 Å². The molecule has 5 aliphatic rings. The second-order valence-corrected chi connectivity index (χ2v) is 7.60. The largest absolute Gasteiger partial charge is 0.481 e. The molecule has 0 radical (unpaired) electrons. The highest BCUT2D eigenvalue weighted by Crippen LogP contribution is 2.57. The zero-order valence-electron chi connectivity index (χ0n) is 11.9. The van der Waals surface area contributed by atoms with Crippen molar-refractivity contribution < 1.29 is 19.8 Å². The fraction of sp³-hybridized carbons (Fsp3) is 0.765. The summed E-state index contributed by atoms with van der Waals surface area (Å²) in [6.45, 7) is 0. The van der Waals surface area contributed by atoms with E-state index >= 15 is 0 Å². The van der Waals surface area contributed by atoms with E-state index in [1.54, 1.807) is 0 Å². The maximum Gasteiger partial charge on any atom is 0.322 e. The van der Waals surface area contributed by atoms with E-state index in [1.165, 1.54) is 32.1 Å². The van der Waals surface area contributed by atoms with Gasteiger partial charge in [0.15, 0.2) is 0 Å². The van der Waals surface area contributed by atoms with Gasteiger partial charge in [0.25, 0.3) is 0 Å². The SMILES string of the molecule is O=C(O)C1CC1(C#CC1C2CC3CC(C2)CC1C3)C(=O)O. The second kappa shape index (κ2) is 4.25. The van der Waals surface area contributed by atoms with Gasteiger partial charge in [0.2, 0.25) is 0 Å². The average Bonchev–Trinajstić information content (AvgIpc) is 3.13. The minimum atomic E-state index is -1.31. The molecule has 4 nitrogen and oxygen atoms in total. The van der Waals surface area contributed by atoms with Gasteiger partial charge in [0, 0.05) is 5.92 Å². The molecule has 2 atom stereocenters. The number of carboxylic acids is 2. The lowest BCUT2D eigenvalue weighted by atomic mass is 9.52. The van der Waals surface area contributed by atoms with E-state index in [9.17, 15) is 14.7 Å². The molecule has 5 rings (SSSR count). The highest BCUT2D eigenvalue weighted by molar-refractivity contribution is 5.92. The van der Waals surface area contributed by atoms with Gasteiger partial charge in [-0.2, -0.15) is 0 Å². The Morgan fingerprint density at radius 3 is 1.95 bits per heavy atom. The van der Waals surface area contributed by atoms with E-state index in [0.717, 1.165) is 11.8 Å². The van der Waals surface area contributed by atoms with Gasteiger partial charge < -0.3 is 10.2 Å². The third-order valence-electron chi connectivity index (χ3n) is 6.33. The van der Waals surface area contributed by atoms with Crippen LogP contribution in [-0.2, 0) is 9.59 Å². The smallest absolute Gasteiger partial charge is 0.322 e. The molecule has 4 heteroatoms. The Morgan fingerprint density at radius 1 is 0.952 bits per heavy atom. The van der Waals surface area contributed by atoms with Crippen LogP contribution in [0.3, 0.4) is 0 Å². The molecular weight excluding hydrogens is 268 g/mol. The molecule has 0 heterocycles. The number of carboxylic acid groups (broad SMARTS) is 2. The first kappa shape index (κ1) is 13.2. The van der Waals surface area contributed by atoms with E-state index in [2.05, 4.69) is 11.8 Å². The van der Waals surface area contributed by atoms with Crippen LogP contribution in [0.2, 0.25) is 0 Å². The summed E-state index contributed by atoms with van der Waals surface area (Å²) in [6.07, 6.45) is 6.53. The number of hydrogen-bond acceptors (Lipinski definition) is 2. The van der Waals surface area contributed by atoms with Gasteiger partial charge in [-0.05, 0) is 62.2 Å². The summed E-state index contributed by atoms with van der Waals surface area (Å²) in [6, 6.07) is 0. The van der Waals surface area contributed by atoms with Gasteiger partial charge in [-0.3, -0.25) is 9.59 Å². The van der Waals surface area contributed by atoms with Crippen LogP contribution in [0.1, 0.15) is 38.5 Å². The number of rotatable bonds is 2. The summed E-state index contributed by atoms with van der Waals surface area (Å²) >= 11 is 0. The zero-order valence-corrected chi connectivity index (χ0v) is 11.9. The first-order valence-electron chi connectivity index (χ1n) is 7.98. The van der Waals surface area contributed by atoms with Crippen molar-refractivity contribution in [1.82, 2.24) is 0 Å². The summed E-state index contributed by atoms with van der Waals surface area (Å²) in [5.41, 5.74) is -1.31. The first-order chi connectivity index (χ1) is 9.99. The van der Waals surface area contributed by atoms with Crippen LogP contribution in [-0.4, -0.2) is 22.2 Å². The molecule has 112 valence electrons. The summed E-state index contributed by atoms with van der Waals surface area (Å²) < 4.78 is 0. The van der Waals surface area contributed by atoms with Crippen LogP contribution in [0.25, 0.3) is 0 Å². The van der Waals surface area contributed by atoms with Gasteiger partial charge in [0.05, 0.1) is 5.92 Å². The summed E-state index contributed by atoms with van der Waals surface area (Å²) in [4.78, 5) is 22.5. The Hall–Kier alpha value is -1.50. The molecule has 2 N–H and O–H groups in total. The van der Waals surface area contributed by atoms with Crippen LogP contribution >= 0.6 is 0 Å². The molecule has 4 bridgehead atoms. The summed E-state index contributed by atoms with van der Waals surface area (Å²) in [5, 5.41) is 18.4. The monoisotopic (exact) mass is 288 g/mol. The standard InChI is InChI=1S/C17H20O4/c18-15(19)14-8-17(14,16(20)21)2-1-13-11-4-9-3-10(6-11)7-12(13)5-9/h9-14H,3-8H2,(H,18,19)(H,20,21). The maximum atomic E-state index is 11.4. The lowest BCUT2D eigenvalue weighted by Crippen LogP contribution is -2.44. The fourth-order valence-corrected chi connectivity index (χ4v) is 5.36. The molecule has 0 amide bonds. The molecule has 5 aliphatic carbocycles. The molecule has 5 saturated carbocycles. The number of carbonyl (C=O) groups is 2. The lowest BCUT2D eigenvalue weighted by molar-refractivity contribution is -0.146. The second-order valence-electron chi connectivity index (χ2n) is 7.60. The number of hydrogen-bond donors (Lipinski definition) is 2. The van der Waals surface area contributed by atoms with E-state index in [1.807, 2.05) is 0 Å². The Morgan fingerprint density at radius 2 is 1.52 bits per heavy atom. The lowest BCUT2D eigenvalue weighted by Gasteiger charge is -2.53. The summed E-state index contributed by atoms with van der Waals surface area (Å²) in [7, 11) is 0. The Balaban J connectivity index is 1.57. The van der Waals surface area contributed by atoms with Gasteiger partial charge in [-0.25, -0.2) is 0 Å².